The van der Waals surface area contributed by atoms with Crippen molar-refractivity contribution in [3.05, 3.63) is 29.8 Å². The second-order valence-electron chi connectivity index (χ2n) is 5.86. The molecule has 1 heterocycles. The molecule has 0 aliphatic carbocycles. The summed E-state index contributed by atoms with van der Waals surface area (Å²) in [5.74, 6) is -0.630. The van der Waals surface area contributed by atoms with Crippen molar-refractivity contribution in [1.82, 2.24) is 4.90 Å². The van der Waals surface area contributed by atoms with E-state index < -0.39 is 36.8 Å². The molecule has 0 radical (unpaired) electrons. The second-order valence-corrected chi connectivity index (χ2v) is 5.86. The minimum absolute atomic E-state index is 0.0992. The predicted octanol–water partition coefficient (Wildman–Crippen LogP) is 2.86. The van der Waals surface area contributed by atoms with Crippen LogP contribution in [0.25, 0.3) is 0 Å². The molecule has 1 fully saturated rings. The van der Waals surface area contributed by atoms with E-state index in [-0.39, 0.29) is 13.1 Å². The Balaban J connectivity index is 2.24. The van der Waals surface area contributed by atoms with Gasteiger partial charge in [-0.2, -0.15) is 13.2 Å². The lowest BCUT2D eigenvalue weighted by atomic mass is 10.0. The van der Waals surface area contributed by atoms with Gasteiger partial charge in [-0.25, -0.2) is 0 Å². The number of alkyl halides is 3. The molecule has 134 valence electrons. The summed E-state index contributed by atoms with van der Waals surface area (Å²) in [6, 6.07) is 5.48. The maximum atomic E-state index is 12.6. The fourth-order valence-electron chi connectivity index (χ4n) is 2.98. The first-order chi connectivity index (χ1) is 11.2. The fraction of sp³-hybridized carbons (Fsp3) is 0.562. The van der Waals surface area contributed by atoms with E-state index in [4.69, 9.17) is 9.47 Å². The van der Waals surface area contributed by atoms with E-state index in [1.54, 1.807) is 31.2 Å². The van der Waals surface area contributed by atoms with Gasteiger partial charge in [0.05, 0.1) is 25.7 Å². The van der Waals surface area contributed by atoms with E-state index in [2.05, 4.69) is 0 Å². The monoisotopic (exact) mass is 347 g/mol. The molecule has 0 bridgehead atoms. The molecule has 1 N–H and O–H groups in total. The number of hydrogen-bond acceptors (Lipinski definition) is 4. The largest absolute Gasteiger partial charge is 0.497 e. The lowest BCUT2D eigenvalue weighted by Crippen LogP contribution is -2.50. The van der Waals surface area contributed by atoms with Gasteiger partial charge in [-0.15, -0.1) is 0 Å². The Hall–Kier alpha value is -1.80. The van der Waals surface area contributed by atoms with Crippen LogP contribution in [0.1, 0.15) is 24.9 Å². The highest BCUT2D eigenvalue weighted by Gasteiger charge is 2.40. The van der Waals surface area contributed by atoms with Gasteiger partial charge in [-0.3, -0.25) is 9.69 Å². The second kappa shape index (κ2) is 7.40. The molecule has 0 spiro atoms. The number of morpholine rings is 1. The summed E-state index contributed by atoms with van der Waals surface area (Å²) in [6.45, 7) is 1.78. The van der Waals surface area contributed by atoms with Gasteiger partial charge in [0.25, 0.3) is 0 Å². The number of benzene rings is 1. The number of methoxy groups -OCH3 is 1. The first-order valence-electron chi connectivity index (χ1n) is 7.52. The van der Waals surface area contributed by atoms with E-state index in [0.29, 0.717) is 11.3 Å². The minimum Gasteiger partial charge on any atom is -0.497 e. The van der Waals surface area contributed by atoms with Crippen molar-refractivity contribution in [2.24, 2.45) is 0 Å². The first-order valence-corrected chi connectivity index (χ1v) is 7.52. The van der Waals surface area contributed by atoms with Crippen molar-refractivity contribution in [1.29, 1.82) is 0 Å². The molecular weight excluding hydrogens is 327 g/mol. The number of rotatable bonds is 5. The number of ether oxygens (including phenoxy) is 2. The van der Waals surface area contributed by atoms with Crippen molar-refractivity contribution in [2.45, 2.75) is 37.8 Å². The summed E-state index contributed by atoms with van der Waals surface area (Å²) >= 11 is 0. The van der Waals surface area contributed by atoms with Gasteiger partial charge in [-0.05, 0) is 24.6 Å². The molecule has 0 amide bonds. The topological polar surface area (TPSA) is 59.0 Å². The van der Waals surface area contributed by atoms with E-state index in [1.165, 1.54) is 12.0 Å². The Bertz CT molecular complexity index is 579. The van der Waals surface area contributed by atoms with Crippen LogP contribution in [0.2, 0.25) is 0 Å². The Kier molecular flexibility index (Phi) is 5.71. The van der Waals surface area contributed by atoms with Crippen molar-refractivity contribution >= 4 is 5.97 Å². The Labute approximate surface area is 138 Å². The first kappa shape index (κ1) is 18.5. The fourth-order valence-corrected chi connectivity index (χ4v) is 2.98. The van der Waals surface area contributed by atoms with E-state index in [0.717, 1.165) is 0 Å². The molecule has 2 rings (SSSR count). The maximum absolute atomic E-state index is 12.6. The van der Waals surface area contributed by atoms with Crippen LogP contribution >= 0.6 is 0 Å². The van der Waals surface area contributed by atoms with Crippen LogP contribution in [0.4, 0.5) is 13.2 Å². The highest BCUT2D eigenvalue weighted by Crippen LogP contribution is 2.31. The summed E-state index contributed by atoms with van der Waals surface area (Å²) < 4.78 is 48.4. The maximum Gasteiger partial charge on any atom is 0.391 e. The summed E-state index contributed by atoms with van der Waals surface area (Å²) in [5, 5.41) is 9.60. The summed E-state index contributed by atoms with van der Waals surface area (Å²) in [5.41, 5.74) is 0.460. The molecule has 1 aliphatic rings. The summed E-state index contributed by atoms with van der Waals surface area (Å²) in [6.07, 6.45) is -7.03. The van der Waals surface area contributed by atoms with E-state index in [9.17, 15) is 23.1 Å². The zero-order chi connectivity index (χ0) is 17.9. The van der Waals surface area contributed by atoms with Gasteiger partial charge in [-0.1, -0.05) is 12.1 Å². The van der Waals surface area contributed by atoms with Crippen LogP contribution in [0.3, 0.4) is 0 Å². The molecule has 3 unspecified atom stereocenters. The molecule has 1 aromatic carbocycles. The molecule has 8 heteroatoms. The molecule has 0 saturated carbocycles. The van der Waals surface area contributed by atoms with Crippen LogP contribution in [0, 0.1) is 0 Å². The number of carbonyl (C=O) groups is 1. The van der Waals surface area contributed by atoms with Crippen molar-refractivity contribution in [2.75, 3.05) is 20.2 Å². The Morgan fingerprint density at radius 2 is 2.17 bits per heavy atom. The number of aliphatic carboxylic acids is 1. The normalized spacial score (nSPS) is 23.7. The highest BCUT2D eigenvalue weighted by atomic mass is 19.4. The van der Waals surface area contributed by atoms with E-state index in [1.807, 2.05) is 0 Å². The highest BCUT2D eigenvalue weighted by molar-refractivity contribution is 5.75. The molecule has 3 atom stereocenters. The van der Waals surface area contributed by atoms with Crippen LogP contribution in [0.5, 0.6) is 5.75 Å². The van der Waals surface area contributed by atoms with Gasteiger partial charge in [0.15, 0.2) is 0 Å². The van der Waals surface area contributed by atoms with Crippen LogP contribution in [-0.2, 0) is 9.53 Å². The molecule has 24 heavy (non-hydrogen) atoms. The number of halogens is 3. The molecule has 0 aromatic heterocycles. The van der Waals surface area contributed by atoms with Crippen molar-refractivity contribution < 1.29 is 32.5 Å². The summed E-state index contributed by atoms with van der Waals surface area (Å²) in [4.78, 5) is 13.3. The smallest absolute Gasteiger partial charge is 0.391 e. The van der Waals surface area contributed by atoms with Crippen molar-refractivity contribution in [3.8, 4) is 5.75 Å². The third-order valence-electron chi connectivity index (χ3n) is 3.82. The van der Waals surface area contributed by atoms with Gasteiger partial charge in [0, 0.05) is 13.1 Å². The minimum atomic E-state index is -4.36. The quantitative estimate of drug-likeness (QED) is 0.888. The zero-order valence-corrected chi connectivity index (χ0v) is 13.4. The van der Waals surface area contributed by atoms with Gasteiger partial charge < -0.3 is 14.6 Å². The number of hydrogen-bond donors (Lipinski definition) is 1. The van der Waals surface area contributed by atoms with Gasteiger partial charge in [0.1, 0.15) is 11.8 Å². The number of carboxylic acid groups (broad SMARTS) is 1. The Morgan fingerprint density at radius 1 is 1.46 bits per heavy atom. The van der Waals surface area contributed by atoms with Crippen molar-refractivity contribution in [3.63, 3.8) is 0 Å². The third kappa shape index (κ3) is 4.85. The van der Waals surface area contributed by atoms with E-state index >= 15 is 0 Å². The Morgan fingerprint density at radius 3 is 2.75 bits per heavy atom. The molecule has 1 aromatic rings. The third-order valence-corrected chi connectivity index (χ3v) is 3.82. The molecular formula is C16H20F3NO4. The molecule has 1 aliphatic heterocycles. The van der Waals surface area contributed by atoms with Gasteiger partial charge >= 0.3 is 12.1 Å². The van der Waals surface area contributed by atoms with Crippen LogP contribution < -0.4 is 4.74 Å². The van der Waals surface area contributed by atoms with Crippen LogP contribution in [0.15, 0.2) is 24.3 Å². The number of carboxylic acids is 1. The van der Waals surface area contributed by atoms with Gasteiger partial charge in [0.2, 0.25) is 0 Å². The average Bonchev–Trinajstić information content (AvgIpc) is 2.44. The zero-order valence-electron chi connectivity index (χ0n) is 13.4. The molecule has 1 saturated heterocycles. The van der Waals surface area contributed by atoms with Crippen LogP contribution in [-0.4, -0.2) is 54.6 Å². The average molecular weight is 347 g/mol. The lowest BCUT2D eigenvalue weighted by molar-refractivity contribution is -0.185. The standard InChI is InChI=1S/C16H20F3NO4/c1-10-8-20(9-13(24-10)7-16(17,18)19)14(15(21)22)11-4-3-5-12(6-11)23-2/h3-6,10,13-14H,7-9H2,1-2H3,(H,21,22). The molecule has 5 nitrogen and oxygen atoms in total. The lowest BCUT2D eigenvalue weighted by Gasteiger charge is -2.40. The predicted molar refractivity (Wildman–Crippen MR) is 80.0 cm³/mol. The SMILES string of the molecule is COc1cccc(C(C(=O)O)N2CC(C)OC(CC(F)(F)F)C2)c1. The summed E-state index contributed by atoms with van der Waals surface area (Å²) in [7, 11) is 1.46. The number of nitrogens with zero attached hydrogens (tertiary/aromatic N) is 1.